The largest absolute Gasteiger partial charge is 0.480 e. The fraction of sp³-hybridized carbons (Fsp3) is 0.250. The van der Waals surface area contributed by atoms with Crippen LogP contribution in [0.25, 0.3) is 10.9 Å². The summed E-state index contributed by atoms with van der Waals surface area (Å²) in [4.78, 5) is 13.5. The second kappa shape index (κ2) is 4.73. The van der Waals surface area contributed by atoms with E-state index >= 15 is 0 Å². The molecule has 4 N–H and O–H groups in total. The van der Waals surface area contributed by atoms with E-state index in [4.69, 9.17) is 10.8 Å². The first-order valence-electron chi connectivity index (χ1n) is 5.35. The standard InChI is InChI=1S/C12H12F2N2O2/c13-11(14)6-1-2-8-7(3-9(15)12(17)18)5-16-10(8)4-6/h1-2,4-5,9,11,16H,3,15H2,(H,17,18)/t9-/m0/s1. The molecule has 1 heterocycles. The van der Waals surface area contributed by atoms with Gasteiger partial charge in [0.1, 0.15) is 6.04 Å². The Bertz CT molecular complexity index is 580. The third kappa shape index (κ3) is 2.33. The molecular formula is C12H12F2N2O2. The van der Waals surface area contributed by atoms with E-state index in [1.54, 1.807) is 12.3 Å². The molecule has 0 saturated heterocycles. The van der Waals surface area contributed by atoms with Gasteiger partial charge in [0.05, 0.1) is 0 Å². The van der Waals surface area contributed by atoms with Gasteiger partial charge in [-0.2, -0.15) is 0 Å². The lowest BCUT2D eigenvalue weighted by Crippen LogP contribution is -2.32. The SMILES string of the molecule is N[C@@H](Cc1c[nH]c2cc(C(F)F)ccc12)C(=O)O. The number of hydrogen-bond acceptors (Lipinski definition) is 2. The molecule has 4 nitrogen and oxygen atoms in total. The number of nitrogens with one attached hydrogen (secondary N) is 1. The number of H-pyrrole nitrogens is 1. The monoisotopic (exact) mass is 254 g/mol. The van der Waals surface area contributed by atoms with Crippen LogP contribution in [-0.2, 0) is 11.2 Å². The van der Waals surface area contributed by atoms with Crippen LogP contribution in [-0.4, -0.2) is 22.1 Å². The summed E-state index contributed by atoms with van der Waals surface area (Å²) in [5.41, 5.74) is 6.64. The van der Waals surface area contributed by atoms with Crippen molar-refractivity contribution in [2.24, 2.45) is 5.73 Å². The van der Waals surface area contributed by atoms with Crippen molar-refractivity contribution in [1.82, 2.24) is 4.98 Å². The minimum Gasteiger partial charge on any atom is -0.480 e. The van der Waals surface area contributed by atoms with Crippen molar-refractivity contribution in [3.05, 3.63) is 35.5 Å². The van der Waals surface area contributed by atoms with Crippen LogP contribution in [0.3, 0.4) is 0 Å². The summed E-state index contributed by atoms with van der Waals surface area (Å²) >= 11 is 0. The maximum absolute atomic E-state index is 12.5. The van der Waals surface area contributed by atoms with Crippen LogP contribution >= 0.6 is 0 Å². The number of alkyl halides is 2. The highest BCUT2D eigenvalue weighted by atomic mass is 19.3. The van der Waals surface area contributed by atoms with Gasteiger partial charge in [-0.1, -0.05) is 12.1 Å². The van der Waals surface area contributed by atoms with Crippen molar-refractivity contribution in [2.45, 2.75) is 18.9 Å². The van der Waals surface area contributed by atoms with Gasteiger partial charge in [-0.05, 0) is 11.6 Å². The van der Waals surface area contributed by atoms with E-state index in [1.807, 2.05) is 0 Å². The number of aromatic nitrogens is 1. The Morgan fingerprint density at radius 3 is 2.78 bits per heavy atom. The van der Waals surface area contributed by atoms with E-state index in [9.17, 15) is 13.6 Å². The Morgan fingerprint density at radius 1 is 1.44 bits per heavy atom. The quantitative estimate of drug-likeness (QED) is 0.781. The molecule has 0 radical (unpaired) electrons. The molecular weight excluding hydrogens is 242 g/mol. The summed E-state index contributed by atoms with van der Waals surface area (Å²) in [6, 6.07) is 3.24. The van der Waals surface area contributed by atoms with Crippen LogP contribution in [0.1, 0.15) is 17.6 Å². The van der Waals surface area contributed by atoms with E-state index in [1.165, 1.54) is 12.1 Å². The predicted octanol–water partition coefficient (Wildman–Crippen LogP) is 2.06. The molecule has 0 aliphatic heterocycles. The summed E-state index contributed by atoms with van der Waals surface area (Å²) in [7, 11) is 0. The topological polar surface area (TPSA) is 79.1 Å². The second-order valence-corrected chi connectivity index (χ2v) is 4.07. The maximum atomic E-state index is 12.5. The Morgan fingerprint density at radius 2 is 2.17 bits per heavy atom. The molecule has 0 amide bonds. The second-order valence-electron chi connectivity index (χ2n) is 4.07. The first-order chi connectivity index (χ1) is 8.49. The lowest BCUT2D eigenvalue weighted by atomic mass is 10.0. The van der Waals surface area contributed by atoms with Crippen molar-refractivity contribution in [2.75, 3.05) is 0 Å². The minimum absolute atomic E-state index is 0.0709. The van der Waals surface area contributed by atoms with E-state index in [0.717, 1.165) is 5.39 Å². The smallest absolute Gasteiger partial charge is 0.320 e. The number of halogens is 2. The molecule has 18 heavy (non-hydrogen) atoms. The number of carboxylic acids is 1. The third-order valence-corrected chi connectivity index (χ3v) is 2.80. The van der Waals surface area contributed by atoms with Gasteiger partial charge in [0, 0.05) is 29.1 Å². The van der Waals surface area contributed by atoms with Crippen LogP contribution in [0.15, 0.2) is 24.4 Å². The number of hydrogen-bond donors (Lipinski definition) is 3. The number of carbonyl (C=O) groups is 1. The highest BCUT2D eigenvalue weighted by molar-refractivity contribution is 5.85. The number of aromatic amines is 1. The van der Waals surface area contributed by atoms with Crippen LogP contribution in [0.5, 0.6) is 0 Å². The summed E-state index contributed by atoms with van der Waals surface area (Å²) in [6.07, 6.45) is -0.770. The van der Waals surface area contributed by atoms with E-state index in [-0.39, 0.29) is 12.0 Å². The predicted molar refractivity (Wildman–Crippen MR) is 62.6 cm³/mol. The summed E-state index contributed by atoms with van der Waals surface area (Å²) < 4.78 is 25.0. The zero-order valence-corrected chi connectivity index (χ0v) is 9.36. The molecule has 2 rings (SSSR count). The van der Waals surface area contributed by atoms with Crippen LogP contribution in [0.2, 0.25) is 0 Å². The van der Waals surface area contributed by atoms with E-state index in [0.29, 0.717) is 11.1 Å². The summed E-state index contributed by atoms with van der Waals surface area (Å²) in [5.74, 6) is -1.09. The van der Waals surface area contributed by atoms with Gasteiger partial charge in [0.2, 0.25) is 0 Å². The van der Waals surface area contributed by atoms with Crippen LogP contribution in [0, 0.1) is 0 Å². The molecule has 0 aliphatic rings. The summed E-state index contributed by atoms with van der Waals surface area (Å²) in [5, 5.41) is 9.45. The van der Waals surface area contributed by atoms with Gasteiger partial charge in [-0.15, -0.1) is 0 Å². The van der Waals surface area contributed by atoms with Gasteiger partial charge in [-0.25, -0.2) is 8.78 Å². The molecule has 1 aromatic heterocycles. The number of rotatable bonds is 4. The number of benzene rings is 1. The first kappa shape index (κ1) is 12.5. The molecule has 6 heteroatoms. The lowest BCUT2D eigenvalue weighted by molar-refractivity contribution is -0.138. The van der Waals surface area contributed by atoms with Crippen molar-refractivity contribution in [3.63, 3.8) is 0 Å². The van der Waals surface area contributed by atoms with Gasteiger partial charge >= 0.3 is 5.97 Å². The average Bonchev–Trinajstić information content (AvgIpc) is 2.71. The minimum atomic E-state index is -2.53. The zero-order valence-electron chi connectivity index (χ0n) is 9.36. The maximum Gasteiger partial charge on any atom is 0.320 e. The zero-order chi connectivity index (χ0) is 13.3. The van der Waals surface area contributed by atoms with Crippen molar-refractivity contribution in [1.29, 1.82) is 0 Å². The number of aliphatic carboxylic acids is 1. The fourth-order valence-corrected chi connectivity index (χ4v) is 1.83. The molecule has 1 aromatic carbocycles. The van der Waals surface area contributed by atoms with E-state index in [2.05, 4.69) is 4.98 Å². The number of nitrogens with two attached hydrogens (primary N) is 1. The van der Waals surface area contributed by atoms with Gasteiger partial charge in [-0.3, -0.25) is 4.79 Å². The lowest BCUT2D eigenvalue weighted by Gasteiger charge is -2.05. The molecule has 0 unspecified atom stereocenters. The van der Waals surface area contributed by atoms with Crippen molar-refractivity contribution in [3.8, 4) is 0 Å². The fourth-order valence-electron chi connectivity index (χ4n) is 1.83. The number of carboxylic acid groups (broad SMARTS) is 1. The highest BCUT2D eigenvalue weighted by Crippen LogP contribution is 2.25. The third-order valence-electron chi connectivity index (χ3n) is 2.80. The normalized spacial score (nSPS) is 13.1. The van der Waals surface area contributed by atoms with Crippen LogP contribution in [0.4, 0.5) is 8.78 Å². The van der Waals surface area contributed by atoms with Gasteiger partial charge in [0.15, 0.2) is 0 Å². The van der Waals surface area contributed by atoms with Gasteiger partial charge < -0.3 is 15.8 Å². The van der Waals surface area contributed by atoms with Crippen LogP contribution < -0.4 is 5.73 Å². The van der Waals surface area contributed by atoms with E-state index < -0.39 is 18.4 Å². The Labute approximate surface area is 101 Å². The summed E-state index contributed by atoms with van der Waals surface area (Å²) in [6.45, 7) is 0. The average molecular weight is 254 g/mol. The molecule has 0 bridgehead atoms. The molecule has 0 saturated carbocycles. The van der Waals surface area contributed by atoms with Crippen molar-refractivity contribution < 1.29 is 18.7 Å². The highest BCUT2D eigenvalue weighted by Gasteiger charge is 2.15. The van der Waals surface area contributed by atoms with Gasteiger partial charge in [0.25, 0.3) is 6.43 Å². The molecule has 0 spiro atoms. The Kier molecular flexibility index (Phi) is 3.29. The molecule has 96 valence electrons. The molecule has 1 atom stereocenters. The Balaban J connectivity index is 2.34. The number of fused-ring (bicyclic) bond motifs is 1. The van der Waals surface area contributed by atoms with Crippen molar-refractivity contribution >= 4 is 16.9 Å². The first-order valence-corrected chi connectivity index (χ1v) is 5.35. The Hall–Kier alpha value is -1.95. The molecule has 0 fully saturated rings. The molecule has 2 aromatic rings. The molecule has 0 aliphatic carbocycles.